The first kappa shape index (κ1) is 23.0. The Labute approximate surface area is 183 Å². The van der Waals surface area contributed by atoms with Gasteiger partial charge in [-0.15, -0.1) is 12.6 Å². The maximum Gasteiger partial charge on any atom is 0.142 e. The normalized spacial score (nSPS) is 10.8. The van der Waals surface area contributed by atoms with Crippen molar-refractivity contribution in [2.24, 2.45) is 0 Å². The minimum absolute atomic E-state index is 0.613. The molecule has 0 aromatic heterocycles. The van der Waals surface area contributed by atoms with Crippen molar-refractivity contribution in [1.29, 1.82) is 0 Å². The minimum atomic E-state index is 0.613. The standard InChI is InChI=1S/C25H35NS2/c1-3-5-7-9-15-21-17-11-13-19-23(21)26(25(27)28)24-20-14-12-18-22(24)16-10-8-6-4-2/h11-14,17-20H,3-10,15-16H2,1-2H3,(H,27,28). The quantitative estimate of drug-likeness (QED) is 0.212. The van der Waals surface area contributed by atoms with Crippen molar-refractivity contribution in [3.8, 4) is 0 Å². The second-order valence-electron chi connectivity index (χ2n) is 7.50. The second-order valence-corrected chi connectivity index (χ2v) is 8.61. The third kappa shape index (κ3) is 6.93. The fourth-order valence-corrected chi connectivity index (χ4v) is 4.11. The number of anilines is 2. The third-order valence-corrected chi connectivity index (χ3v) is 5.64. The van der Waals surface area contributed by atoms with Gasteiger partial charge in [0.15, 0.2) is 0 Å². The molecule has 2 aromatic rings. The molecule has 1 nitrogen and oxygen atoms in total. The van der Waals surface area contributed by atoms with Gasteiger partial charge in [0.2, 0.25) is 0 Å². The molecule has 0 radical (unpaired) electrons. The second kappa shape index (κ2) is 13.0. The molecule has 2 aromatic carbocycles. The van der Waals surface area contributed by atoms with Crippen LogP contribution in [0.25, 0.3) is 0 Å². The van der Waals surface area contributed by atoms with Gasteiger partial charge in [0.1, 0.15) is 4.32 Å². The zero-order valence-electron chi connectivity index (χ0n) is 17.5. The van der Waals surface area contributed by atoms with Crippen LogP contribution in [0.15, 0.2) is 48.5 Å². The molecule has 0 aliphatic rings. The summed E-state index contributed by atoms with van der Waals surface area (Å²) in [6.45, 7) is 4.51. The Balaban J connectivity index is 2.28. The summed E-state index contributed by atoms with van der Waals surface area (Å²) in [5.41, 5.74) is 5.08. The number of nitrogens with zero attached hydrogens (tertiary/aromatic N) is 1. The van der Waals surface area contributed by atoms with E-state index in [1.54, 1.807) is 0 Å². The van der Waals surface area contributed by atoms with E-state index in [1.807, 2.05) is 0 Å². The summed E-state index contributed by atoms with van der Waals surface area (Å²) in [4.78, 5) is 2.17. The van der Waals surface area contributed by atoms with Crippen molar-refractivity contribution in [2.45, 2.75) is 78.1 Å². The number of para-hydroxylation sites is 2. The van der Waals surface area contributed by atoms with Crippen LogP contribution in [-0.4, -0.2) is 4.32 Å². The number of aryl methyl sites for hydroxylation is 2. The van der Waals surface area contributed by atoms with Crippen molar-refractivity contribution >= 4 is 40.5 Å². The van der Waals surface area contributed by atoms with Gasteiger partial charge in [-0.1, -0.05) is 101 Å². The Bertz CT molecular complexity index is 670. The average Bonchev–Trinajstić information content (AvgIpc) is 2.70. The molecule has 3 heteroatoms. The van der Waals surface area contributed by atoms with E-state index < -0.39 is 0 Å². The van der Waals surface area contributed by atoms with Crippen LogP contribution in [0.5, 0.6) is 0 Å². The molecule has 2 rings (SSSR count). The van der Waals surface area contributed by atoms with Gasteiger partial charge in [0.05, 0.1) is 11.4 Å². The van der Waals surface area contributed by atoms with Gasteiger partial charge in [-0.25, -0.2) is 0 Å². The lowest BCUT2D eigenvalue weighted by Gasteiger charge is -2.28. The maximum absolute atomic E-state index is 5.60. The highest BCUT2D eigenvalue weighted by Crippen LogP contribution is 2.34. The molecule has 0 spiro atoms. The molecule has 0 fully saturated rings. The molecule has 0 aliphatic carbocycles. The fraction of sp³-hybridized carbons (Fsp3) is 0.480. The van der Waals surface area contributed by atoms with Gasteiger partial charge < -0.3 is 0 Å². The van der Waals surface area contributed by atoms with Gasteiger partial charge in [-0.3, -0.25) is 4.90 Å². The number of benzene rings is 2. The summed E-state index contributed by atoms with van der Waals surface area (Å²) in [5.74, 6) is 0. The highest BCUT2D eigenvalue weighted by Gasteiger charge is 2.18. The van der Waals surface area contributed by atoms with E-state index in [2.05, 4.69) is 79.9 Å². The van der Waals surface area contributed by atoms with Crippen molar-refractivity contribution in [3.63, 3.8) is 0 Å². The molecule has 0 saturated heterocycles. The number of hydrogen-bond donors (Lipinski definition) is 1. The van der Waals surface area contributed by atoms with E-state index in [1.165, 1.54) is 73.9 Å². The van der Waals surface area contributed by atoms with Crippen LogP contribution in [0.4, 0.5) is 11.4 Å². The Kier molecular flexibility index (Phi) is 10.7. The lowest BCUT2D eigenvalue weighted by atomic mass is 10.0. The van der Waals surface area contributed by atoms with Gasteiger partial charge in [0.25, 0.3) is 0 Å². The molecular formula is C25H35NS2. The van der Waals surface area contributed by atoms with E-state index in [0.717, 1.165) is 12.8 Å². The summed E-state index contributed by atoms with van der Waals surface area (Å²) in [6.07, 6.45) is 12.3. The van der Waals surface area contributed by atoms with Crippen LogP contribution < -0.4 is 4.90 Å². The first-order chi connectivity index (χ1) is 13.7. The molecule has 152 valence electrons. The number of rotatable bonds is 12. The summed E-state index contributed by atoms with van der Waals surface area (Å²) >= 11 is 10.2. The Morgan fingerprint density at radius 2 is 1.14 bits per heavy atom. The van der Waals surface area contributed by atoms with Gasteiger partial charge in [-0.05, 0) is 48.9 Å². The number of unbranched alkanes of at least 4 members (excludes halogenated alkanes) is 6. The lowest BCUT2D eigenvalue weighted by molar-refractivity contribution is 0.666. The molecule has 0 amide bonds. The lowest BCUT2D eigenvalue weighted by Crippen LogP contribution is -2.22. The largest absolute Gasteiger partial charge is 0.296 e. The first-order valence-electron chi connectivity index (χ1n) is 10.9. The van der Waals surface area contributed by atoms with E-state index >= 15 is 0 Å². The zero-order chi connectivity index (χ0) is 20.2. The molecular weight excluding hydrogens is 378 g/mol. The summed E-state index contributed by atoms with van der Waals surface area (Å²) < 4.78 is 0.613. The molecule has 28 heavy (non-hydrogen) atoms. The highest BCUT2D eigenvalue weighted by atomic mass is 32.1. The van der Waals surface area contributed by atoms with Gasteiger partial charge in [0, 0.05) is 0 Å². The summed E-state index contributed by atoms with van der Waals surface area (Å²) in [5, 5.41) is 0. The number of thiol groups is 1. The molecule has 0 atom stereocenters. The monoisotopic (exact) mass is 413 g/mol. The summed E-state index contributed by atoms with van der Waals surface area (Å²) in [6, 6.07) is 17.3. The molecule has 0 heterocycles. The van der Waals surface area contributed by atoms with E-state index in [-0.39, 0.29) is 0 Å². The van der Waals surface area contributed by atoms with Crippen molar-refractivity contribution in [2.75, 3.05) is 4.90 Å². The molecule has 0 N–H and O–H groups in total. The van der Waals surface area contributed by atoms with Crippen molar-refractivity contribution in [1.82, 2.24) is 0 Å². The van der Waals surface area contributed by atoms with E-state index in [0.29, 0.717) is 4.32 Å². The van der Waals surface area contributed by atoms with Crippen molar-refractivity contribution < 1.29 is 0 Å². The molecule has 0 unspecified atom stereocenters. The first-order valence-corrected chi connectivity index (χ1v) is 11.7. The van der Waals surface area contributed by atoms with E-state index in [4.69, 9.17) is 12.2 Å². The molecule has 0 saturated carbocycles. The fourth-order valence-electron chi connectivity index (χ4n) is 3.70. The zero-order valence-corrected chi connectivity index (χ0v) is 19.2. The van der Waals surface area contributed by atoms with Gasteiger partial charge in [-0.2, -0.15) is 0 Å². The van der Waals surface area contributed by atoms with Crippen LogP contribution in [0.3, 0.4) is 0 Å². The minimum Gasteiger partial charge on any atom is -0.296 e. The predicted molar refractivity (Wildman–Crippen MR) is 132 cm³/mol. The number of thiocarbonyl (C=S) groups is 1. The van der Waals surface area contributed by atoms with E-state index in [9.17, 15) is 0 Å². The number of hydrogen-bond acceptors (Lipinski definition) is 1. The smallest absolute Gasteiger partial charge is 0.142 e. The highest BCUT2D eigenvalue weighted by molar-refractivity contribution is 8.11. The average molecular weight is 414 g/mol. The Morgan fingerprint density at radius 3 is 1.54 bits per heavy atom. The van der Waals surface area contributed by atoms with Crippen molar-refractivity contribution in [3.05, 3.63) is 59.7 Å². The topological polar surface area (TPSA) is 3.24 Å². The van der Waals surface area contributed by atoms with Crippen LogP contribution in [-0.2, 0) is 12.8 Å². The Hall–Kier alpha value is -1.32. The Morgan fingerprint density at radius 1 is 0.714 bits per heavy atom. The molecule has 0 aliphatic heterocycles. The van der Waals surface area contributed by atoms with Crippen LogP contribution in [0.1, 0.15) is 76.3 Å². The van der Waals surface area contributed by atoms with Gasteiger partial charge >= 0.3 is 0 Å². The maximum atomic E-state index is 5.60. The van der Waals surface area contributed by atoms with Crippen LogP contribution >= 0.6 is 24.8 Å². The van der Waals surface area contributed by atoms with Crippen LogP contribution in [0.2, 0.25) is 0 Å². The predicted octanol–water partition coefficient (Wildman–Crippen LogP) is 8.29. The SMILES string of the molecule is CCCCCCc1ccccc1N(C(=S)S)c1ccccc1CCCCCC. The van der Waals surface area contributed by atoms with Crippen LogP contribution in [0, 0.1) is 0 Å². The third-order valence-electron chi connectivity index (χ3n) is 5.26. The molecule has 0 bridgehead atoms. The summed E-state index contributed by atoms with van der Waals surface area (Å²) in [7, 11) is 0.